The Labute approximate surface area is 181 Å². The Kier molecular flexibility index (Phi) is 5.43. The van der Waals surface area contributed by atoms with E-state index < -0.39 is 17.6 Å². The average Bonchev–Trinajstić information content (AvgIpc) is 3.24. The number of H-pyrrole nitrogens is 1. The first-order valence-corrected chi connectivity index (χ1v) is 9.89. The molecular weight excluding hydrogens is 422 g/mol. The fourth-order valence-electron chi connectivity index (χ4n) is 3.61. The number of primary amides is 1. The lowest BCUT2D eigenvalue weighted by Crippen LogP contribution is -2.52. The molecule has 158 valence electrons. The zero-order valence-corrected chi connectivity index (χ0v) is 17.1. The number of nitrogens with zero attached hydrogens (tertiary/aromatic N) is 3. The number of fused-ring (bicyclic) bond motifs is 1. The van der Waals surface area contributed by atoms with E-state index in [2.05, 4.69) is 9.97 Å². The van der Waals surface area contributed by atoms with Crippen LogP contribution >= 0.6 is 11.6 Å². The van der Waals surface area contributed by atoms with E-state index >= 15 is 0 Å². The average molecular weight is 440 g/mol. The van der Waals surface area contributed by atoms with Crippen LogP contribution in [0, 0.1) is 0 Å². The molecule has 0 bridgehead atoms. The van der Waals surface area contributed by atoms with Crippen LogP contribution in [0.4, 0.5) is 0 Å². The molecule has 0 radical (unpaired) electrons. The number of carbonyl (C=O) groups is 4. The zero-order chi connectivity index (χ0) is 22.1. The number of nitrogens with two attached hydrogens (primary N) is 1. The van der Waals surface area contributed by atoms with E-state index in [1.54, 1.807) is 29.2 Å². The van der Waals surface area contributed by atoms with Crippen molar-refractivity contribution in [2.75, 3.05) is 26.2 Å². The van der Waals surface area contributed by atoms with Crippen molar-refractivity contribution < 1.29 is 19.2 Å². The number of nitrogens with one attached hydrogen (secondary N) is 1. The number of rotatable bonds is 4. The fourth-order valence-corrected chi connectivity index (χ4v) is 3.85. The SMILES string of the molecule is NC(=O)c1ncc(Cl)c2c(C(=O)C(=O)N3CCN(C(=O)c4ccccc4)CC3)c[nH]c12. The van der Waals surface area contributed by atoms with Gasteiger partial charge in [-0.15, -0.1) is 0 Å². The van der Waals surface area contributed by atoms with Crippen LogP contribution in [-0.4, -0.2) is 69.5 Å². The summed E-state index contributed by atoms with van der Waals surface area (Å²) in [6.07, 6.45) is 2.53. The molecule has 9 nitrogen and oxygen atoms in total. The molecule has 1 aromatic carbocycles. The summed E-state index contributed by atoms with van der Waals surface area (Å²) in [7, 11) is 0. The van der Waals surface area contributed by atoms with Crippen molar-refractivity contribution >= 4 is 46.0 Å². The number of hydrogen-bond donors (Lipinski definition) is 2. The van der Waals surface area contributed by atoms with Crippen molar-refractivity contribution in [2.45, 2.75) is 0 Å². The van der Waals surface area contributed by atoms with Crippen molar-refractivity contribution in [1.29, 1.82) is 0 Å². The van der Waals surface area contributed by atoms with Gasteiger partial charge in [0.1, 0.15) is 0 Å². The summed E-state index contributed by atoms with van der Waals surface area (Å²) >= 11 is 6.17. The third-order valence-corrected chi connectivity index (χ3v) is 5.50. The first kappa shape index (κ1) is 20.5. The third-order valence-electron chi connectivity index (χ3n) is 5.21. The molecular formula is C21H18ClN5O4. The van der Waals surface area contributed by atoms with Crippen LogP contribution in [0.1, 0.15) is 31.2 Å². The smallest absolute Gasteiger partial charge is 0.295 e. The van der Waals surface area contributed by atoms with Crippen LogP contribution in [0.25, 0.3) is 10.9 Å². The Morgan fingerprint density at radius 1 is 1.00 bits per heavy atom. The third kappa shape index (κ3) is 3.75. The van der Waals surface area contributed by atoms with E-state index in [0.717, 1.165) is 0 Å². The highest BCUT2D eigenvalue weighted by molar-refractivity contribution is 6.47. The number of halogens is 1. The van der Waals surface area contributed by atoms with Crippen LogP contribution in [-0.2, 0) is 4.79 Å². The maximum atomic E-state index is 12.9. The molecule has 3 N–H and O–H groups in total. The molecule has 1 fully saturated rings. The Morgan fingerprint density at radius 2 is 1.65 bits per heavy atom. The summed E-state index contributed by atoms with van der Waals surface area (Å²) in [4.78, 5) is 59.6. The maximum Gasteiger partial charge on any atom is 0.295 e. The molecule has 1 saturated heterocycles. The monoisotopic (exact) mass is 439 g/mol. The summed E-state index contributed by atoms with van der Waals surface area (Å²) < 4.78 is 0. The number of Topliss-reactive ketones (excluding diaryl/α,β-unsaturated/α-hetero) is 1. The first-order valence-electron chi connectivity index (χ1n) is 9.51. The number of amides is 3. The van der Waals surface area contributed by atoms with Crippen LogP contribution < -0.4 is 5.73 Å². The van der Waals surface area contributed by atoms with Gasteiger partial charge in [-0.25, -0.2) is 4.98 Å². The standard InChI is InChI=1S/C21H18ClN5O4/c22-14-11-25-17(19(23)29)16-15(14)13(10-24-16)18(28)21(31)27-8-6-26(7-9-27)20(30)12-4-2-1-3-5-12/h1-5,10-11,24H,6-9H2,(H2,23,29). The molecule has 0 saturated carbocycles. The number of aromatic amines is 1. The number of ketones is 1. The lowest BCUT2D eigenvalue weighted by molar-refractivity contribution is -0.127. The second-order valence-corrected chi connectivity index (χ2v) is 7.46. The molecule has 31 heavy (non-hydrogen) atoms. The van der Waals surface area contributed by atoms with E-state index in [1.807, 2.05) is 6.07 Å². The van der Waals surface area contributed by atoms with Crippen molar-refractivity contribution in [3.8, 4) is 0 Å². The largest absolute Gasteiger partial charge is 0.364 e. The van der Waals surface area contributed by atoms with Crippen LogP contribution in [0.15, 0.2) is 42.7 Å². The normalized spacial score (nSPS) is 14.0. The molecule has 0 aliphatic carbocycles. The molecule has 0 unspecified atom stereocenters. The molecule has 3 aromatic rings. The number of hydrogen-bond acceptors (Lipinski definition) is 5. The molecule has 2 aromatic heterocycles. The first-order chi connectivity index (χ1) is 14.9. The van der Waals surface area contributed by atoms with Gasteiger partial charge in [-0.3, -0.25) is 19.2 Å². The van der Waals surface area contributed by atoms with Gasteiger partial charge in [0.25, 0.3) is 23.5 Å². The van der Waals surface area contributed by atoms with Crippen molar-refractivity contribution in [3.05, 3.63) is 64.6 Å². The van der Waals surface area contributed by atoms with Gasteiger partial charge in [0.05, 0.1) is 16.1 Å². The van der Waals surface area contributed by atoms with E-state index in [9.17, 15) is 19.2 Å². The maximum absolute atomic E-state index is 12.9. The predicted molar refractivity (Wildman–Crippen MR) is 113 cm³/mol. The van der Waals surface area contributed by atoms with Crippen LogP contribution in [0.5, 0.6) is 0 Å². The Hall–Kier alpha value is -3.72. The minimum absolute atomic E-state index is 0.0395. The Morgan fingerprint density at radius 3 is 2.29 bits per heavy atom. The van der Waals surface area contributed by atoms with Gasteiger partial charge in [-0.1, -0.05) is 29.8 Å². The molecule has 1 aliphatic rings. The second kappa shape index (κ2) is 8.19. The summed E-state index contributed by atoms with van der Waals surface area (Å²) in [5.41, 5.74) is 6.06. The summed E-state index contributed by atoms with van der Waals surface area (Å²) in [5, 5.41) is 0.345. The number of aromatic nitrogens is 2. The topological polar surface area (TPSA) is 129 Å². The molecule has 0 atom stereocenters. The number of pyridine rings is 1. The van der Waals surface area contributed by atoms with Gasteiger partial charge in [0.15, 0.2) is 5.69 Å². The van der Waals surface area contributed by atoms with Crippen molar-refractivity contribution in [1.82, 2.24) is 19.8 Å². The lowest BCUT2D eigenvalue weighted by atomic mass is 10.1. The molecule has 0 spiro atoms. The van der Waals surface area contributed by atoms with Crippen molar-refractivity contribution in [3.63, 3.8) is 0 Å². The van der Waals surface area contributed by atoms with Gasteiger partial charge < -0.3 is 20.5 Å². The zero-order valence-electron chi connectivity index (χ0n) is 16.3. The fraction of sp³-hybridized carbons (Fsp3) is 0.190. The predicted octanol–water partition coefficient (Wildman–Crippen LogP) is 1.48. The van der Waals surface area contributed by atoms with Crippen molar-refractivity contribution in [2.24, 2.45) is 5.73 Å². The van der Waals surface area contributed by atoms with E-state index in [0.29, 0.717) is 18.7 Å². The highest BCUT2D eigenvalue weighted by Crippen LogP contribution is 2.28. The number of benzene rings is 1. The molecule has 4 rings (SSSR count). The van der Waals surface area contributed by atoms with Crippen LogP contribution in [0.2, 0.25) is 5.02 Å². The Balaban J connectivity index is 1.50. The minimum atomic E-state index is -0.784. The summed E-state index contributed by atoms with van der Waals surface area (Å²) in [6.45, 7) is 1.09. The molecule has 10 heteroatoms. The quantitative estimate of drug-likeness (QED) is 0.470. The number of carbonyl (C=O) groups excluding carboxylic acids is 4. The lowest BCUT2D eigenvalue weighted by Gasteiger charge is -2.34. The van der Waals surface area contributed by atoms with Gasteiger partial charge in [0.2, 0.25) is 0 Å². The van der Waals surface area contributed by atoms with E-state index in [1.165, 1.54) is 17.3 Å². The highest BCUT2D eigenvalue weighted by Gasteiger charge is 2.31. The van der Waals surface area contributed by atoms with Crippen LogP contribution in [0.3, 0.4) is 0 Å². The second-order valence-electron chi connectivity index (χ2n) is 7.05. The Bertz CT molecular complexity index is 1200. The van der Waals surface area contributed by atoms with Gasteiger partial charge in [-0.05, 0) is 12.1 Å². The minimum Gasteiger partial charge on any atom is -0.364 e. The molecule has 3 amide bonds. The van der Waals surface area contributed by atoms with Gasteiger partial charge in [-0.2, -0.15) is 0 Å². The van der Waals surface area contributed by atoms with E-state index in [4.69, 9.17) is 17.3 Å². The number of piperazine rings is 1. The van der Waals surface area contributed by atoms with Gasteiger partial charge in [0, 0.05) is 49.5 Å². The summed E-state index contributed by atoms with van der Waals surface area (Å²) in [5.74, 6) is -2.37. The van der Waals surface area contributed by atoms with E-state index in [-0.39, 0.29) is 46.2 Å². The summed E-state index contributed by atoms with van der Waals surface area (Å²) in [6, 6.07) is 8.88. The van der Waals surface area contributed by atoms with Gasteiger partial charge >= 0.3 is 0 Å². The highest BCUT2D eigenvalue weighted by atomic mass is 35.5. The molecule has 1 aliphatic heterocycles. The molecule has 3 heterocycles.